The highest BCUT2D eigenvalue weighted by atomic mass is 35.5. The molecule has 30 heavy (non-hydrogen) atoms. The van der Waals surface area contributed by atoms with Crippen LogP contribution in [0.4, 0.5) is 11.4 Å². The second kappa shape index (κ2) is 10.6. The predicted molar refractivity (Wildman–Crippen MR) is 117 cm³/mol. The van der Waals surface area contributed by atoms with Crippen molar-refractivity contribution >= 4 is 34.8 Å². The van der Waals surface area contributed by atoms with Crippen LogP contribution in [0.3, 0.4) is 0 Å². The number of nitro groups is 1. The molecule has 2 aromatic carbocycles. The molecule has 0 aliphatic rings. The number of nitrogens with zero attached hydrogens (tertiary/aromatic N) is 2. The Kier molecular flexibility index (Phi) is 8.17. The Labute approximate surface area is 180 Å². The normalized spacial score (nSPS) is 11.6. The summed E-state index contributed by atoms with van der Waals surface area (Å²) in [5.41, 5.74) is 0.898. The van der Waals surface area contributed by atoms with Crippen LogP contribution in [-0.2, 0) is 4.79 Å². The van der Waals surface area contributed by atoms with Gasteiger partial charge >= 0.3 is 0 Å². The molecule has 1 atom stereocenters. The average Bonchev–Trinajstić information content (AvgIpc) is 2.71. The van der Waals surface area contributed by atoms with E-state index in [0.29, 0.717) is 13.1 Å². The van der Waals surface area contributed by atoms with Crippen molar-refractivity contribution in [3.8, 4) is 0 Å². The van der Waals surface area contributed by atoms with Gasteiger partial charge in [-0.25, -0.2) is 0 Å². The van der Waals surface area contributed by atoms with Crippen LogP contribution in [0.15, 0.2) is 48.5 Å². The number of non-ortho nitro benzene ring substituents is 1. The quantitative estimate of drug-likeness (QED) is 0.467. The Bertz CT molecular complexity index is 905. The van der Waals surface area contributed by atoms with Crippen LogP contribution in [0, 0.1) is 16.0 Å². The Balaban J connectivity index is 1.97. The van der Waals surface area contributed by atoms with E-state index >= 15 is 0 Å². The number of rotatable bonds is 9. The summed E-state index contributed by atoms with van der Waals surface area (Å²) in [6.45, 7) is 4.64. The molecule has 0 heterocycles. The third-order valence-electron chi connectivity index (χ3n) is 4.59. The maximum Gasteiger partial charge on any atom is 0.270 e. The lowest BCUT2D eigenvalue weighted by Crippen LogP contribution is -2.50. The lowest BCUT2D eigenvalue weighted by Gasteiger charge is -2.24. The van der Waals surface area contributed by atoms with E-state index in [1.165, 1.54) is 12.1 Å². The van der Waals surface area contributed by atoms with Crippen LogP contribution in [0.1, 0.15) is 24.2 Å². The smallest absolute Gasteiger partial charge is 0.270 e. The zero-order chi connectivity index (χ0) is 22.3. The summed E-state index contributed by atoms with van der Waals surface area (Å²) in [5.74, 6) is -1.04. The van der Waals surface area contributed by atoms with E-state index in [0.717, 1.165) is 11.8 Å². The summed E-state index contributed by atoms with van der Waals surface area (Å²) in [7, 11) is 1.93. The molecule has 160 valence electrons. The number of nitro benzene ring substituents is 1. The SMILES string of the molecule is CC(C)[C@H](NC(=O)c1ccc([N+](=O)[O-])cc1Cl)C(=O)NCCN(C)c1ccccc1. The molecule has 2 rings (SSSR count). The number of para-hydroxylation sites is 1. The summed E-state index contributed by atoms with van der Waals surface area (Å²) >= 11 is 6.02. The number of benzene rings is 2. The number of carbonyl (C=O) groups excluding carboxylic acids is 2. The van der Waals surface area contributed by atoms with Gasteiger partial charge in [0, 0.05) is 38.0 Å². The molecule has 0 unspecified atom stereocenters. The van der Waals surface area contributed by atoms with Gasteiger partial charge in [0.25, 0.3) is 11.6 Å². The monoisotopic (exact) mass is 432 g/mol. The molecule has 0 saturated heterocycles. The van der Waals surface area contributed by atoms with E-state index in [1.54, 1.807) is 0 Å². The van der Waals surface area contributed by atoms with Crippen molar-refractivity contribution in [1.82, 2.24) is 10.6 Å². The number of nitrogens with one attached hydrogen (secondary N) is 2. The van der Waals surface area contributed by atoms with Gasteiger partial charge in [-0.3, -0.25) is 19.7 Å². The predicted octanol–water partition coefficient (Wildman–Crippen LogP) is 3.26. The largest absolute Gasteiger partial charge is 0.373 e. The fourth-order valence-corrected chi connectivity index (χ4v) is 3.08. The van der Waals surface area contributed by atoms with Crippen LogP contribution in [0.5, 0.6) is 0 Å². The van der Waals surface area contributed by atoms with Crippen molar-refractivity contribution in [3.63, 3.8) is 0 Å². The van der Waals surface area contributed by atoms with E-state index in [-0.39, 0.29) is 28.1 Å². The van der Waals surface area contributed by atoms with Crippen LogP contribution in [-0.4, -0.2) is 42.9 Å². The highest BCUT2D eigenvalue weighted by molar-refractivity contribution is 6.34. The Morgan fingerprint density at radius 2 is 1.83 bits per heavy atom. The molecule has 0 radical (unpaired) electrons. The van der Waals surface area contributed by atoms with Gasteiger partial charge < -0.3 is 15.5 Å². The lowest BCUT2D eigenvalue weighted by atomic mass is 10.0. The molecule has 0 fully saturated rings. The highest BCUT2D eigenvalue weighted by Gasteiger charge is 2.26. The molecule has 9 heteroatoms. The number of carbonyl (C=O) groups is 2. The minimum atomic E-state index is -0.772. The molecule has 0 aromatic heterocycles. The standard InChI is InChI=1S/C21H25ClN4O4/c1-14(2)19(21(28)23-11-12-25(3)15-7-5-4-6-8-15)24-20(27)17-10-9-16(26(29)30)13-18(17)22/h4-10,13-14,19H,11-12H2,1-3H3,(H,23,28)(H,24,27)/t19-/m0/s1. The molecule has 8 nitrogen and oxygen atoms in total. The Morgan fingerprint density at radius 3 is 2.40 bits per heavy atom. The topological polar surface area (TPSA) is 105 Å². The molecule has 2 N–H and O–H groups in total. The van der Waals surface area contributed by atoms with Gasteiger partial charge in [-0.15, -0.1) is 0 Å². The van der Waals surface area contributed by atoms with Gasteiger partial charge in [-0.05, 0) is 24.1 Å². The Morgan fingerprint density at radius 1 is 1.17 bits per heavy atom. The molecule has 0 spiro atoms. The molecule has 0 bridgehead atoms. The van der Waals surface area contributed by atoms with Gasteiger partial charge in [0.15, 0.2) is 0 Å². The molecule has 2 aromatic rings. The van der Waals surface area contributed by atoms with Gasteiger partial charge in [-0.1, -0.05) is 43.6 Å². The van der Waals surface area contributed by atoms with E-state index in [4.69, 9.17) is 11.6 Å². The van der Waals surface area contributed by atoms with Crippen molar-refractivity contribution in [3.05, 3.63) is 69.2 Å². The van der Waals surface area contributed by atoms with Crippen LogP contribution in [0.25, 0.3) is 0 Å². The first-order valence-corrected chi connectivity index (χ1v) is 9.87. The number of amides is 2. The summed E-state index contributed by atoms with van der Waals surface area (Å²) < 4.78 is 0. The fourth-order valence-electron chi connectivity index (χ4n) is 2.82. The average molecular weight is 433 g/mol. The summed E-state index contributed by atoms with van der Waals surface area (Å²) in [5, 5.41) is 16.3. The second-order valence-electron chi connectivity index (χ2n) is 7.16. The van der Waals surface area contributed by atoms with Crippen molar-refractivity contribution in [2.75, 3.05) is 25.0 Å². The fraction of sp³-hybridized carbons (Fsp3) is 0.333. The minimum absolute atomic E-state index is 0.0471. The molecule has 0 saturated carbocycles. The highest BCUT2D eigenvalue weighted by Crippen LogP contribution is 2.22. The molecule has 0 aliphatic carbocycles. The first-order valence-electron chi connectivity index (χ1n) is 9.49. The van der Waals surface area contributed by atoms with E-state index in [1.807, 2.05) is 56.1 Å². The molecular formula is C21H25ClN4O4. The third-order valence-corrected chi connectivity index (χ3v) is 4.90. The second-order valence-corrected chi connectivity index (χ2v) is 7.57. The molecular weight excluding hydrogens is 408 g/mol. The van der Waals surface area contributed by atoms with Crippen LogP contribution >= 0.6 is 11.6 Å². The zero-order valence-electron chi connectivity index (χ0n) is 17.1. The number of hydrogen-bond donors (Lipinski definition) is 2. The summed E-state index contributed by atoms with van der Waals surface area (Å²) in [6, 6.07) is 12.6. The number of anilines is 1. The molecule has 0 aliphatic heterocycles. The summed E-state index contributed by atoms with van der Waals surface area (Å²) in [6.07, 6.45) is 0. The van der Waals surface area contributed by atoms with Crippen LogP contribution in [0.2, 0.25) is 5.02 Å². The van der Waals surface area contributed by atoms with E-state index in [9.17, 15) is 19.7 Å². The van der Waals surface area contributed by atoms with Crippen molar-refractivity contribution in [1.29, 1.82) is 0 Å². The van der Waals surface area contributed by atoms with Gasteiger partial charge in [0.05, 0.1) is 15.5 Å². The van der Waals surface area contributed by atoms with Crippen LogP contribution < -0.4 is 15.5 Å². The molecule has 2 amide bonds. The van der Waals surface area contributed by atoms with E-state index < -0.39 is 16.9 Å². The van der Waals surface area contributed by atoms with Gasteiger partial charge in [-0.2, -0.15) is 0 Å². The van der Waals surface area contributed by atoms with Gasteiger partial charge in [0.2, 0.25) is 5.91 Å². The minimum Gasteiger partial charge on any atom is -0.373 e. The number of hydrogen-bond acceptors (Lipinski definition) is 5. The maximum absolute atomic E-state index is 12.6. The number of likely N-dealkylation sites (N-methyl/N-ethyl adjacent to an activating group) is 1. The lowest BCUT2D eigenvalue weighted by molar-refractivity contribution is -0.384. The van der Waals surface area contributed by atoms with Crippen molar-refractivity contribution < 1.29 is 14.5 Å². The van der Waals surface area contributed by atoms with Crippen molar-refractivity contribution in [2.45, 2.75) is 19.9 Å². The first-order chi connectivity index (χ1) is 14.2. The zero-order valence-corrected chi connectivity index (χ0v) is 17.8. The van der Waals surface area contributed by atoms with Crippen molar-refractivity contribution in [2.24, 2.45) is 5.92 Å². The third kappa shape index (κ3) is 6.18. The van der Waals surface area contributed by atoms with Gasteiger partial charge in [0.1, 0.15) is 6.04 Å². The first kappa shape index (κ1) is 23.2. The Hall–Kier alpha value is -3.13. The van der Waals surface area contributed by atoms with E-state index in [2.05, 4.69) is 10.6 Å². The summed E-state index contributed by atoms with van der Waals surface area (Å²) in [4.78, 5) is 37.5. The maximum atomic E-state index is 12.6. The number of halogens is 1.